The fourth-order valence-electron chi connectivity index (χ4n) is 1.80. The van der Waals surface area contributed by atoms with Gasteiger partial charge in [-0.15, -0.1) is 0 Å². The Balaban J connectivity index is 2.79. The van der Waals surface area contributed by atoms with Crippen molar-refractivity contribution < 1.29 is 19.1 Å². The Morgan fingerprint density at radius 2 is 2.12 bits per heavy atom. The lowest BCUT2D eigenvalue weighted by Crippen LogP contribution is -2.51. The van der Waals surface area contributed by atoms with Crippen molar-refractivity contribution in [2.45, 2.75) is 52.0 Å². The van der Waals surface area contributed by atoms with Gasteiger partial charge in [-0.3, -0.25) is 4.90 Å². The number of nitrogens with zero attached hydrogens (tertiary/aromatic N) is 1. The Hall–Kier alpha value is -0.850. The Labute approximate surface area is 102 Å². The maximum Gasteiger partial charge on any atom is 0.412 e. The van der Waals surface area contributed by atoms with Crippen molar-refractivity contribution in [3.05, 3.63) is 0 Å². The van der Waals surface area contributed by atoms with Gasteiger partial charge in [-0.2, -0.15) is 0 Å². The lowest BCUT2D eigenvalue weighted by atomic mass is 10.2. The Kier molecular flexibility index (Phi) is 4.01. The van der Waals surface area contributed by atoms with Crippen LogP contribution in [0.1, 0.15) is 34.6 Å². The molecule has 1 rings (SSSR count). The summed E-state index contributed by atoms with van der Waals surface area (Å²) in [5.41, 5.74) is -1.24. The molecule has 1 heterocycles. The van der Waals surface area contributed by atoms with Crippen LogP contribution in [0, 0.1) is 0 Å². The van der Waals surface area contributed by atoms with Gasteiger partial charge in [0.2, 0.25) is 0 Å². The SMILES string of the molecule is CC(C)(C)OC(=O)N1[C@@H](CON)COC1(C)C. The van der Waals surface area contributed by atoms with Gasteiger partial charge in [-0.1, -0.05) is 0 Å². The standard InChI is InChI=1S/C11H22N2O4/c1-10(2,3)17-9(14)13-8(7-16-12)6-15-11(13,4)5/h8H,6-7,12H2,1-5H3/t8-/m1/s1. The second-order valence-corrected chi connectivity index (χ2v) is 5.60. The normalized spacial score (nSPS) is 23.9. The van der Waals surface area contributed by atoms with Crippen LogP contribution < -0.4 is 5.90 Å². The van der Waals surface area contributed by atoms with E-state index in [1.165, 1.54) is 4.90 Å². The molecule has 0 unspecified atom stereocenters. The highest BCUT2D eigenvalue weighted by atomic mass is 16.6. The zero-order valence-corrected chi connectivity index (χ0v) is 11.1. The first kappa shape index (κ1) is 14.2. The van der Waals surface area contributed by atoms with Crippen molar-refractivity contribution in [2.75, 3.05) is 13.2 Å². The monoisotopic (exact) mass is 246 g/mol. The molecule has 0 aromatic heterocycles. The first-order valence-electron chi connectivity index (χ1n) is 5.65. The number of hydrogen-bond acceptors (Lipinski definition) is 5. The number of carbonyl (C=O) groups is 1. The number of rotatable bonds is 2. The van der Waals surface area contributed by atoms with Gasteiger partial charge in [0.1, 0.15) is 11.3 Å². The van der Waals surface area contributed by atoms with E-state index >= 15 is 0 Å². The van der Waals surface area contributed by atoms with E-state index in [1.54, 1.807) is 0 Å². The molecule has 1 fully saturated rings. The summed E-state index contributed by atoms with van der Waals surface area (Å²) in [6.45, 7) is 9.71. The van der Waals surface area contributed by atoms with Crippen LogP contribution in [0.4, 0.5) is 4.79 Å². The van der Waals surface area contributed by atoms with Gasteiger partial charge < -0.3 is 14.3 Å². The Morgan fingerprint density at radius 3 is 2.59 bits per heavy atom. The number of carbonyl (C=O) groups excluding carboxylic acids is 1. The molecule has 0 radical (unpaired) electrons. The molecule has 100 valence electrons. The Morgan fingerprint density at radius 1 is 1.53 bits per heavy atom. The summed E-state index contributed by atoms with van der Waals surface area (Å²) < 4.78 is 10.9. The number of amides is 1. The van der Waals surface area contributed by atoms with E-state index < -0.39 is 17.4 Å². The van der Waals surface area contributed by atoms with E-state index in [-0.39, 0.29) is 12.6 Å². The third kappa shape index (κ3) is 3.55. The van der Waals surface area contributed by atoms with Crippen molar-refractivity contribution >= 4 is 6.09 Å². The molecule has 0 aromatic carbocycles. The fraction of sp³-hybridized carbons (Fsp3) is 0.909. The summed E-state index contributed by atoms with van der Waals surface area (Å²) in [6, 6.07) is -0.218. The summed E-state index contributed by atoms with van der Waals surface area (Å²) >= 11 is 0. The number of ether oxygens (including phenoxy) is 2. The van der Waals surface area contributed by atoms with Crippen molar-refractivity contribution in [3.63, 3.8) is 0 Å². The molecule has 6 heteroatoms. The maximum atomic E-state index is 12.1. The average molecular weight is 246 g/mol. The molecule has 2 N–H and O–H groups in total. The first-order chi connectivity index (χ1) is 7.67. The van der Waals surface area contributed by atoms with Gasteiger partial charge >= 0.3 is 6.09 Å². The van der Waals surface area contributed by atoms with Crippen molar-refractivity contribution in [1.29, 1.82) is 0 Å². The van der Waals surface area contributed by atoms with E-state index in [2.05, 4.69) is 4.84 Å². The highest BCUT2D eigenvalue weighted by molar-refractivity contribution is 5.69. The average Bonchev–Trinajstić information content (AvgIpc) is 2.39. The minimum Gasteiger partial charge on any atom is -0.444 e. The second-order valence-electron chi connectivity index (χ2n) is 5.60. The van der Waals surface area contributed by atoms with Gasteiger partial charge in [-0.05, 0) is 34.6 Å². The number of nitrogens with two attached hydrogens (primary N) is 1. The minimum atomic E-state index is -0.703. The van der Waals surface area contributed by atoms with Gasteiger partial charge in [0, 0.05) is 0 Å². The van der Waals surface area contributed by atoms with E-state index in [4.69, 9.17) is 15.4 Å². The summed E-state index contributed by atoms with van der Waals surface area (Å²) in [4.78, 5) is 18.2. The molecule has 0 spiro atoms. The van der Waals surface area contributed by atoms with Gasteiger partial charge in [0.15, 0.2) is 0 Å². The summed E-state index contributed by atoms with van der Waals surface area (Å²) in [7, 11) is 0. The van der Waals surface area contributed by atoms with Crippen LogP contribution in [-0.4, -0.2) is 41.6 Å². The molecule has 0 bridgehead atoms. The quantitative estimate of drug-likeness (QED) is 0.742. The molecule has 0 aromatic rings. The summed E-state index contributed by atoms with van der Waals surface area (Å²) in [5.74, 6) is 5.05. The third-order valence-electron chi connectivity index (χ3n) is 2.45. The van der Waals surface area contributed by atoms with Crippen LogP contribution in [0.25, 0.3) is 0 Å². The van der Waals surface area contributed by atoms with E-state index in [0.717, 1.165) is 0 Å². The third-order valence-corrected chi connectivity index (χ3v) is 2.45. The van der Waals surface area contributed by atoms with Crippen LogP contribution in [0.2, 0.25) is 0 Å². The second kappa shape index (κ2) is 4.80. The fourth-order valence-corrected chi connectivity index (χ4v) is 1.80. The zero-order valence-electron chi connectivity index (χ0n) is 11.1. The highest BCUT2D eigenvalue weighted by Crippen LogP contribution is 2.29. The molecule has 0 saturated carbocycles. The molecule has 1 saturated heterocycles. The summed E-state index contributed by atoms with van der Waals surface area (Å²) in [6.07, 6.45) is -0.415. The van der Waals surface area contributed by atoms with E-state index in [9.17, 15) is 4.79 Å². The topological polar surface area (TPSA) is 74.0 Å². The molecular weight excluding hydrogens is 224 g/mol. The van der Waals surface area contributed by atoms with Gasteiger partial charge in [-0.25, -0.2) is 10.7 Å². The van der Waals surface area contributed by atoms with Gasteiger partial charge in [0.25, 0.3) is 0 Å². The van der Waals surface area contributed by atoms with Crippen LogP contribution >= 0.6 is 0 Å². The first-order valence-corrected chi connectivity index (χ1v) is 5.65. The molecule has 0 aliphatic carbocycles. The molecule has 1 atom stereocenters. The molecule has 17 heavy (non-hydrogen) atoms. The maximum absolute atomic E-state index is 12.1. The Bertz CT molecular complexity index is 286. The van der Waals surface area contributed by atoms with E-state index in [0.29, 0.717) is 6.61 Å². The molecule has 6 nitrogen and oxygen atoms in total. The van der Waals surface area contributed by atoms with Crippen molar-refractivity contribution in [1.82, 2.24) is 4.90 Å². The molecule has 1 amide bonds. The summed E-state index contributed by atoms with van der Waals surface area (Å²) in [5, 5.41) is 0. The van der Waals surface area contributed by atoms with Crippen LogP contribution in [0.5, 0.6) is 0 Å². The van der Waals surface area contributed by atoms with Crippen LogP contribution in [0.3, 0.4) is 0 Å². The van der Waals surface area contributed by atoms with E-state index in [1.807, 2.05) is 34.6 Å². The number of hydrogen-bond donors (Lipinski definition) is 1. The molecular formula is C11H22N2O4. The van der Waals surface area contributed by atoms with Crippen LogP contribution in [-0.2, 0) is 14.3 Å². The minimum absolute atomic E-state index is 0.218. The molecule has 1 aliphatic heterocycles. The predicted octanol–water partition coefficient (Wildman–Crippen LogP) is 1.25. The van der Waals surface area contributed by atoms with Crippen molar-refractivity contribution in [2.24, 2.45) is 5.90 Å². The predicted molar refractivity (Wildman–Crippen MR) is 62.0 cm³/mol. The van der Waals surface area contributed by atoms with Crippen molar-refractivity contribution in [3.8, 4) is 0 Å². The smallest absolute Gasteiger partial charge is 0.412 e. The zero-order chi connectivity index (χ0) is 13.3. The largest absolute Gasteiger partial charge is 0.444 e. The lowest BCUT2D eigenvalue weighted by molar-refractivity contribution is -0.0655. The van der Waals surface area contributed by atoms with Gasteiger partial charge in [0.05, 0.1) is 19.3 Å². The highest BCUT2D eigenvalue weighted by Gasteiger charge is 2.45. The lowest BCUT2D eigenvalue weighted by Gasteiger charge is -2.34. The van der Waals surface area contributed by atoms with Crippen LogP contribution in [0.15, 0.2) is 0 Å². The molecule has 1 aliphatic rings.